The minimum atomic E-state index is -4.50. The molecule has 0 atom stereocenters. The Balaban J connectivity index is 2.40. The first-order valence-electron chi connectivity index (χ1n) is 8.72. The average molecular weight is 468 g/mol. The standard InChI is InChI=1S/C21H17BrF3NO3/c1-3-29-16-9-5-8-14-17(20(27)28-2)15(11-22)18(26-19(14)16)12-6-4-7-13(10-12)21(23,24)25/h4-10H,3,11H2,1-2H3. The summed E-state index contributed by atoms with van der Waals surface area (Å²) in [6.45, 7) is 2.17. The van der Waals surface area contributed by atoms with Crippen LogP contribution in [0.5, 0.6) is 5.75 Å². The van der Waals surface area contributed by atoms with Gasteiger partial charge in [0.25, 0.3) is 0 Å². The fraction of sp³-hybridized carbons (Fsp3) is 0.238. The van der Waals surface area contributed by atoms with Crippen LogP contribution >= 0.6 is 15.9 Å². The molecule has 0 bridgehead atoms. The van der Waals surface area contributed by atoms with Crippen LogP contribution in [0, 0.1) is 0 Å². The molecule has 152 valence electrons. The van der Waals surface area contributed by atoms with Crippen molar-refractivity contribution < 1.29 is 27.4 Å². The van der Waals surface area contributed by atoms with Gasteiger partial charge in [0.15, 0.2) is 0 Å². The van der Waals surface area contributed by atoms with Crippen LogP contribution in [0.15, 0.2) is 42.5 Å². The number of esters is 1. The number of nitrogens with zero attached hydrogens (tertiary/aromatic N) is 1. The van der Waals surface area contributed by atoms with Crippen LogP contribution in [-0.2, 0) is 16.2 Å². The number of pyridine rings is 1. The summed E-state index contributed by atoms with van der Waals surface area (Å²) in [4.78, 5) is 17.2. The van der Waals surface area contributed by atoms with Crippen molar-refractivity contribution in [2.24, 2.45) is 0 Å². The molecule has 8 heteroatoms. The van der Waals surface area contributed by atoms with Crippen molar-refractivity contribution in [2.75, 3.05) is 13.7 Å². The number of hydrogen-bond acceptors (Lipinski definition) is 4. The molecule has 1 heterocycles. The molecular formula is C21H17BrF3NO3. The number of halogens is 4. The van der Waals surface area contributed by atoms with Gasteiger partial charge in [-0.05, 0) is 25.1 Å². The van der Waals surface area contributed by atoms with E-state index < -0.39 is 17.7 Å². The monoisotopic (exact) mass is 467 g/mol. The molecule has 1 aromatic heterocycles. The van der Waals surface area contributed by atoms with Crippen molar-refractivity contribution in [1.82, 2.24) is 4.98 Å². The van der Waals surface area contributed by atoms with E-state index in [1.165, 1.54) is 19.2 Å². The summed E-state index contributed by atoms with van der Waals surface area (Å²) in [7, 11) is 1.25. The second-order valence-electron chi connectivity index (χ2n) is 6.10. The maximum absolute atomic E-state index is 13.2. The van der Waals surface area contributed by atoms with Gasteiger partial charge in [-0.25, -0.2) is 9.78 Å². The summed E-state index contributed by atoms with van der Waals surface area (Å²) in [6.07, 6.45) is -4.50. The van der Waals surface area contributed by atoms with Gasteiger partial charge in [0.1, 0.15) is 11.3 Å². The van der Waals surface area contributed by atoms with Crippen molar-refractivity contribution in [3.8, 4) is 17.0 Å². The van der Waals surface area contributed by atoms with E-state index in [2.05, 4.69) is 20.9 Å². The summed E-state index contributed by atoms with van der Waals surface area (Å²) >= 11 is 3.35. The van der Waals surface area contributed by atoms with Crippen molar-refractivity contribution >= 4 is 32.8 Å². The molecule has 0 aliphatic carbocycles. The van der Waals surface area contributed by atoms with Crippen LogP contribution < -0.4 is 4.74 Å². The average Bonchev–Trinajstić information content (AvgIpc) is 2.71. The number of carbonyl (C=O) groups excluding carboxylic acids is 1. The number of rotatable bonds is 5. The van der Waals surface area contributed by atoms with Gasteiger partial charge in [0.2, 0.25) is 0 Å². The maximum atomic E-state index is 13.2. The van der Waals surface area contributed by atoms with Gasteiger partial charge in [-0.3, -0.25) is 0 Å². The van der Waals surface area contributed by atoms with Crippen LogP contribution in [0.2, 0.25) is 0 Å². The number of benzene rings is 2. The molecule has 0 amide bonds. The minimum Gasteiger partial charge on any atom is -0.492 e. The summed E-state index contributed by atoms with van der Waals surface area (Å²) in [6, 6.07) is 9.98. The number of hydrogen-bond donors (Lipinski definition) is 0. The number of fused-ring (bicyclic) bond motifs is 1. The van der Waals surface area contributed by atoms with Crippen molar-refractivity contribution in [3.63, 3.8) is 0 Å². The highest BCUT2D eigenvalue weighted by atomic mass is 79.9. The zero-order valence-corrected chi connectivity index (χ0v) is 17.2. The highest BCUT2D eigenvalue weighted by molar-refractivity contribution is 9.08. The molecule has 4 nitrogen and oxygen atoms in total. The molecule has 29 heavy (non-hydrogen) atoms. The van der Waals surface area contributed by atoms with E-state index in [4.69, 9.17) is 9.47 Å². The Morgan fingerprint density at radius 2 is 1.90 bits per heavy atom. The van der Waals surface area contributed by atoms with Crippen molar-refractivity contribution in [2.45, 2.75) is 18.4 Å². The van der Waals surface area contributed by atoms with E-state index in [1.54, 1.807) is 25.1 Å². The Labute approximate surface area is 173 Å². The maximum Gasteiger partial charge on any atom is 0.416 e. The number of alkyl halides is 4. The van der Waals surface area contributed by atoms with Crippen LogP contribution in [0.4, 0.5) is 13.2 Å². The summed E-state index contributed by atoms with van der Waals surface area (Å²) in [5, 5.41) is 0.707. The third kappa shape index (κ3) is 4.07. The highest BCUT2D eigenvalue weighted by Crippen LogP contribution is 2.37. The van der Waals surface area contributed by atoms with Gasteiger partial charge in [0.05, 0.1) is 30.5 Å². The largest absolute Gasteiger partial charge is 0.492 e. The lowest BCUT2D eigenvalue weighted by Crippen LogP contribution is -2.10. The predicted octanol–water partition coefficient (Wildman–Crippen LogP) is 6.00. The normalized spacial score (nSPS) is 11.5. The third-order valence-corrected chi connectivity index (χ3v) is 4.93. The molecule has 0 radical (unpaired) electrons. The van der Waals surface area contributed by atoms with Crippen LogP contribution in [0.1, 0.15) is 28.4 Å². The fourth-order valence-corrected chi connectivity index (χ4v) is 3.66. The molecule has 0 saturated heterocycles. The van der Waals surface area contributed by atoms with E-state index in [-0.39, 0.29) is 22.2 Å². The molecule has 3 aromatic rings. The molecular weight excluding hydrogens is 451 g/mol. The summed E-state index contributed by atoms with van der Waals surface area (Å²) in [5.74, 6) is -0.168. The topological polar surface area (TPSA) is 48.4 Å². The fourth-order valence-electron chi connectivity index (χ4n) is 3.12. The lowest BCUT2D eigenvalue weighted by molar-refractivity contribution is -0.137. The second kappa shape index (κ2) is 8.41. The number of para-hydroxylation sites is 1. The Bertz CT molecular complexity index is 1070. The van der Waals surface area contributed by atoms with Crippen molar-refractivity contribution in [1.29, 1.82) is 0 Å². The summed E-state index contributed by atoms with van der Waals surface area (Å²) in [5.41, 5.74) is 0.767. The first kappa shape index (κ1) is 21.1. The smallest absolute Gasteiger partial charge is 0.416 e. The van der Waals surface area contributed by atoms with Gasteiger partial charge in [-0.1, -0.05) is 40.2 Å². The molecule has 0 aliphatic heterocycles. The van der Waals surface area contributed by atoms with Gasteiger partial charge in [-0.15, -0.1) is 0 Å². The molecule has 0 spiro atoms. The van der Waals surface area contributed by atoms with E-state index >= 15 is 0 Å². The lowest BCUT2D eigenvalue weighted by Gasteiger charge is -2.17. The van der Waals surface area contributed by atoms with E-state index in [0.717, 1.165) is 12.1 Å². The van der Waals surface area contributed by atoms with E-state index in [9.17, 15) is 18.0 Å². The quantitative estimate of drug-likeness (QED) is 0.341. The minimum absolute atomic E-state index is 0.199. The predicted molar refractivity (Wildman–Crippen MR) is 107 cm³/mol. The van der Waals surface area contributed by atoms with Crippen molar-refractivity contribution in [3.05, 3.63) is 59.2 Å². The molecule has 0 unspecified atom stereocenters. The Morgan fingerprint density at radius 1 is 1.17 bits per heavy atom. The molecule has 3 rings (SSSR count). The molecule has 0 N–H and O–H groups in total. The van der Waals surface area contributed by atoms with E-state index in [1.807, 2.05) is 0 Å². The van der Waals surface area contributed by atoms with Gasteiger partial charge >= 0.3 is 12.1 Å². The van der Waals surface area contributed by atoms with Gasteiger partial charge in [0, 0.05) is 21.8 Å². The first-order chi connectivity index (χ1) is 13.8. The lowest BCUT2D eigenvalue weighted by atomic mass is 9.96. The Hall–Kier alpha value is -2.61. The molecule has 0 fully saturated rings. The molecule has 2 aromatic carbocycles. The van der Waals surface area contributed by atoms with Crippen LogP contribution in [0.25, 0.3) is 22.2 Å². The molecule has 0 aliphatic rings. The number of carbonyl (C=O) groups is 1. The SMILES string of the molecule is CCOc1cccc2c(C(=O)OC)c(CBr)c(-c3cccc(C(F)(F)F)c3)nc12. The zero-order chi connectivity index (χ0) is 21.2. The highest BCUT2D eigenvalue weighted by Gasteiger charge is 2.31. The third-order valence-electron chi connectivity index (χ3n) is 4.37. The number of ether oxygens (including phenoxy) is 2. The van der Waals surface area contributed by atoms with Crippen LogP contribution in [-0.4, -0.2) is 24.7 Å². The summed E-state index contributed by atoms with van der Waals surface area (Å²) < 4.78 is 50.2. The van der Waals surface area contributed by atoms with Gasteiger partial charge in [-0.2, -0.15) is 13.2 Å². The zero-order valence-electron chi connectivity index (χ0n) is 15.6. The van der Waals surface area contributed by atoms with Crippen LogP contribution in [0.3, 0.4) is 0 Å². The second-order valence-corrected chi connectivity index (χ2v) is 6.66. The van der Waals surface area contributed by atoms with Gasteiger partial charge < -0.3 is 9.47 Å². The van der Waals surface area contributed by atoms with E-state index in [0.29, 0.717) is 28.8 Å². The number of aromatic nitrogens is 1. The first-order valence-corrected chi connectivity index (χ1v) is 9.84. The molecule has 0 saturated carbocycles. The Morgan fingerprint density at radius 3 is 2.52 bits per heavy atom. The Kier molecular flexibility index (Phi) is 6.12. The number of methoxy groups -OCH3 is 1.